The fourth-order valence-electron chi connectivity index (χ4n) is 1.70. The molecule has 0 spiro atoms. The molecule has 0 bridgehead atoms. The molecule has 0 aromatic heterocycles. The van der Waals surface area contributed by atoms with Crippen molar-refractivity contribution in [3.8, 4) is 0 Å². The zero-order valence-corrected chi connectivity index (χ0v) is 14.0. The maximum Gasteiger partial charge on any atom is 0.322 e. The van der Waals surface area contributed by atoms with Gasteiger partial charge in [-0.05, 0) is 46.5 Å². The van der Waals surface area contributed by atoms with Gasteiger partial charge >= 0.3 is 5.97 Å². The van der Waals surface area contributed by atoms with E-state index in [2.05, 4.69) is 20.7 Å². The van der Waals surface area contributed by atoms with Gasteiger partial charge in [-0.15, -0.1) is 0 Å². The van der Waals surface area contributed by atoms with Crippen LogP contribution in [0.25, 0.3) is 0 Å². The molecular formula is C13H18BrNO4S. The molecule has 0 heterocycles. The molecule has 1 rings (SSSR count). The van der Waals surface area contributed by atoms with Gasteiger partial charge in [0, 0.05) is 4.47 Å². The zero-order chi connectivity index (χ0) is 15.5. The lowest BCUT2D eigenvalue weighted by atomic mass is 10.0. The van der Waals surface area contributed by atoms with Crippen molar-refractivity contribution in [1.29, 1.82) is 0 Å². The molecule has 0 aliphatic rings. The van der Waals surface area contributed by atoms with Crippen LogP contribution < -0.4 is 4.72 Å². The molecule has 0 saturated heterocycles. The van der Waals surface area contributed by atoms with Crippen molar-refractivity contribution < 1.29 is 18.3 Å². The molecule has 1 aromatic carbocycles. The molecule has 0 aliphatic carbocycles. The van der Waals surface area contributed by atoms with Gasteiger partial charge in [-0.2, -0.15) is 4.72 Å². The standard InChI is InChI=1S/C13H18BrNO4S/c1-4-9(3)12(13(16)17)15-20(18,19)11-6-5-8(2)7-10(11)14/h5-7,9,12,15H,4H2,1-3H3,(H,16,17)/t9-,12-/m0/s1. The summed E-state index contributed by atoms with van der Waals surface area (Å²) in [5.41, 5.74) is 0.910. The van der Waals surface area contributed by atoms with Gasteiger partial charge in [0.05, 0.1) is 4.90 Å². The van der Waals surface area contributed by atoms with Gasteiger partial charge in [-0.1, -0.05) is 26.3 Å². The van der Waals surface area contributed by atoms with Crippen molar-refractivity contribution in [2.45, 2.75) is 38.1 Å². The third kappa shape index (κ3) is 4.04. The highest BCUT2D eigenvalue weighted by atomic mass is 79.9. The Morgan fingerprint density at radius 2 is 2.05 bits per heavy atom. The number of hydrogen-bond acceptors (Lipinski definition) is 3. The van der Waals surface area contributed by atoms with Gasteiger partial charge < -0.3 is 5.11 Å². The lowest BCUT2D eigenvalue weighted by Crippen LogP contribution is -2.44. The van der Waals surface area contributed by atoms with Crippen LogP contribution in [0.2, 0.25) is 0 Å². The summed E-state index contributed by atoms with van der Waals surface area (Å²) >= 11 is 3.20. The van der Waals surface area contributed by atoms with Crippen LogP contribution in [0.5, 0.6) is 0 Å². The number of carboxylic acid groups (broad SMARTS) is 1. The minimum Gasteiger partial charge on any atom is -0.480 e. The Balaban J connectivity index is 3.13. The number of sulfonamides is 1. The van der Waals surface area contributed by atoms with E-state index in [-0.39, 0.29) is 10.8 Å². The first kappa shape index (κ1) is 17.1. The third-order valence-corrected chi connectivity index (χ3v) is 5.56. The molecule has 2 N–H and O–H groups in total. The van der Waals surface area contributed by atoms with Crippen LogP contribution in [0.15, 0.2) is 27.6 Å². The Morgan fingerprint density at radius 3 is 2.50 bits per heavy atom. The maximum atomic E-state index is 12.3. The van der Waals surface area contributed by atoms with Crippen LogP contribution in [0.1, 0.15) is 25.8 Å². The van der Waals surface area contributed by atoms with E-state index < -0.39 is 22.0 Å². The smallest absolute Gasteiger partial charge is 0.322 e. The lowest BCUT2D eigenvalue weighted by Gasteiger charge is -2.20. The molecule has 5 nitrogen and oxygen atoms in total. The van der Waals surface area contributed by atoms with E-state index in [4.69, 9.17) is 5.11 Å². The van der Waals surface area contributed by atoms with Crippen LogP contribution in [-0.4, -0.2) is 25.5 Å². The zero-order valence-electron chi connectivity index (χ0n) is 11.6. The van der Waals surface area contributed by atoms with Gasteiger partial charge in [0.1, 0.15) is 6.04 Å². The molecule has 112 valence electrons. The van der Waals surface area contributed by atoms with E-state index in [1.54, 1.807) is 19.1 Å². The van der Waals surface area contributed by atoms with Gasteiger partial charge in [0.25, 0.3) is 0 Å². The minimum absolute atomic E-state index is 0.0395. The summed E-state index contributed by atoms with van der Waals surface area (Å²) < 4.78 is 27.3. The topological polar surface area (TPSA) is 83.5 Å². The van der Waals surface area contributed by atoms with Crippen LogP contribution in [0, 0.1) is 12.8 Å². The van der Waals surface area contributed by atoms with E-state index >= 15 is 0 Å². The molecule has 20 heavy (non-hydrogen) atoms. The number of aliphatic carboxylic acids is 1. The third-order valence-electron chi connectivity index (χ3n) is 3.14. The fourth-order valence-corrected chi connectivity index (χ4v) is 4.19. The normalized spacial score (nSPS) is 14.8. The Morgan fingerprint density at radius 1 is 1.45 bits per heavy atom. The number of carboxylic acids is 1. The average Bonchev–Trinajstić information content (AvgIpc) is 2.34. The molecular weight excluding hydrogens is 346 g/mol. The Hall–Kier alpha value is -0.920. The maximum absolute atomic E-state index is 12.3. The number of nitrogens with one attached hydrogen (secondary N) is 1. The summed E-state index contributed by atoms with van der Waals surface area (Å²) in [6.45, 7) is 5.36. The predicted octanol–water partition coefficient (Wildman–Crippen LogP) is 2.54. The van der Waals surface area contributed by atoms with Crippen molar-refractivity contribution in [2.24, 2.45) is 5.92 Å². The number of rotatable bonds is 6. The van der Waals surface area contributed by atoms with Crippen molar-refractivity contribution in [3.63, 3.8) is 0 Å². The van der Waals surface area contributed by atoms with E-state index in [0.717, 1.165) is 5.56 Å². The van der Waals surface area contributed by atoms with Crippen LogP contribution >= 0.6 is 15.9 Å². The Bertz CT molecular complexity index is 600. The Kier molecular flexibility index (Phi) is 5.73. The summed E-state index contributed by atoms with van der Waals surface area (Å²) in [6.07, 6.45) is 0.564. The second kappa shape index (κ2) is 6.69. The number of hydrogen-bond donors (Lipinski definition) is 2. The molecule has 0 amide bonds. The highest BCUT2D eigenvalue weighted by Gasteiger charge is 2.30. The monoisotopic (exact) mass is 363 g/mol. The van der Waals surface area contributed by atoms with Gasteiger partial charge in [0.15, 0.2) is 0 Å². The Labute approximate surface area is 127 Å². The SMILES string of the molecule is CC[C@H](C)[C@H](NS(=O)(=O)c1ccc(C)cc1Br)C(=O)O. The second-order valence-electron chi connectivity index (χ2n) is 4.76. The summed E-state index contributed by atoms with van der Waals surface area (Å²) in [5, 5.41) is 9.16. The van der Waals surface area contributed by atoms with E-state index in [1.807, 2.05) is 13.8 Å². The summed E-state index contributed by atoms with van der Waals surface area (Å²) in [4.78, 5) is 11.2. The first-order valence-electron chi connectivity index (χ1n) is 6.20. The molecule has 1 aromatic rings. The highest BCUT2D eigenvalue weighted by Crippen LogP contribution is 2.24. The highest BCUT2D eigenvalue weighted by molar-refractivity contribution is 9.10. The molecule has 0 unspecified atom stereocenters. The van der Waals surface area contributed by atoms with Crippen LogP contribution in [0.3, 0.4) is 0 Å². The number of halogens is 1. The quantitative estimate of drug-likeness (QED) is 0.813. The summed E-state index contributed by atoms with van der Waals surface area (Å²) in [7, 11) is -3.88. The predicted molar refractivity (Wildman–Crippen MR) is 80.1 cm³/mol. The second-order valence-corrected chi connectivity index (χ2v) is 7.29. The fraction of sp³-hybridized carbons (Fsp3) is 0.462. The molecule has 0 saturated carbocycles. The molecule has 0 aliphatic heterocycles. The van der Waals surface area contributed by atoms with Crippen LogP contribution in [0.4, 0.5) is 0 Å². The number of benzene rings is 1. The van der Waals surface area contributed by atoms with Crippen LogP contribution in [-0.2, 0) is 14.8 Å². The average molecular weight is 364 g/mol. The van der Waals surface area contributed by atoms with E-state index in [9.17, 15) is 13.2 Å². The summed E-state index contributed by atoms with van der Waals surface area (Å²) in [6, 6.07) is 3.65. The van der Waals surface area contributed by atoms with Crippen molar-refractivity contribution in [3.05, 3.63) is 28.2 Å². The minimum atomic E-state index is -3.88. The van der Waals surface area contributed by atoms with Gasteiger partial charge in [-0.25, -0.2) is 8.42 Å². The van der Waals surface area contributed by atoms with Crippen molar-refractivity contribution in [1.82, 2.24) is 4.72 Å². The first-order valence-corrected chi connectivity index (χ1v) is 8.48. The van der Waals surface area contributed by atoms with E-state index in [1.165, 1.54) is 6.07 Å². The number of aryl methyl sites for hydroxylation is 1. The lowest BCUT2D eigenvalue weighted by molar-refractivity contribution is -0.140. The van der Waals surface area contributed by atoms with Crippen molar-refractivity contribution >= 4 is 31.9 Å². The van der Waals surface area contributed by atoms with Crippen molar-refractivity contribution in [2.75, 3.05) is 0 Å². The molecule has 7 heteroatoms. The number of carbonyl (C=O) groups is 1. The molecule has 0 radical (unpaired) electrons. The van der Waals surface area contributed by atoms with E-state index in [0.29, 0.717) is 10.9 Å². The molecule has 0 fully saturated rings. The van der Waals surface area contributed by atoms with Gasteiger partial charge in [-0.3, -0.25) is 4.79 Å². The molecule has 2 atom stereocenters. The first-order chi connectivity index (χ1) is 9.19. The largest absolute Gasteiger partial charge is 0.480 e. The summed E-state index contributed by atoms with van der Waals surface area (Å²) in [5.74, 6) is -1.47. The van der Waals surface area contributed by atoms with Gasteiger partial charge in [0.2, 0.25) is 10.0 Å².